The number of carbonyl (C=O) groups is 1. The van der Waals surface area contributed by atoms with Gasteiger partial charge in [0.2, 0.25) is 0 Å². The summed E-state index contributed by atoms with van der Waals surface area (Å²) in [4.78, 5) is 11.6. The summed E-state index contributed by atoms with van der Waals surface area (Å²) in [5.41, 5.74) is 0.112. The number of thioether (sulfide) groups is 1. The molecule has 0 heterocycles. The number of aliphatic hydroxyl groups excluding tert-OH is 1. The van der Waals surface area contributed by atoms with Gasteiger partial charge in [-0.3, -0.25) is 0 Å². The molecule has 88 valence electrons. The van der Waals surface area contributed by atoms with Gasteiger partial charge in [-0.25, -0.2) is 4.79 Å². The molecule has 1 rings (SSSR count). The van der Waals surface area contributed by atoms with Gasteiger partial charge in [0.05, 0.1) is 10.6 Å². The molecule has 2 N–H and O–H groups in total. The number of carboxylic acids is 1. The highest BCUT2D eigenvalue weighted by Gasteiger charge is 2.09. The number of aliphatic hydroxyl groups is 1. The van der Waals surface area contributed by atoms with Crippen molar-refractivity contribution in [1.29, 1.82) is 0 Å². The van der Waals surface area contributed by atoms with Gasteiger partial charge in [0.25, 0.3) is 0 Å². The van der Waals surface area contributed by atoms with E-state index in [2.05, 4.69) is 0 Å². The fraction of sp³-hybridized carbons (Fsp3) is 0.364. The van der Waals surface area contributed by atoms with Crippen LogP contribution in [0.5, 0.6) is 0 Å². The van der Waals surface area contributed by atoms with Gasteiger partial charge in [0, 0.05) is 17.3 Å². The molecular formula is C11H13ClO3S. The van der Waals surface area contributed by atoms with E-state index in [9.17, 15) is 4.79 Å². The Hall–Kier alpha value is -0.710. The van der Waals surface area contributed by atoms with Crippen LogP contribution in [0.3, 0.4) is 0 Å². The molecule has 1 aromatic carbocycles. The fourth-order valence-corrected chi connectivity index (χ4v) is 2.32. The maximum atomic E-state index is 10.7. The first kappa shape index (κ1) is 13.4. The van der Waals surface area contributed by atoms with Gasteiger partial charge in [-0.05, 0) is 24.1 Å². The zero-order chi connectivity index (χ0) is 12.1. The van der Waals surface area contributed by atoms with E-state index < -0.39 is 5.97 Å². The summed E-state index contributed by atoms with van der Waals surface area (Å²) in [5.74, 6) is -0.0348. The third kappa shape index (κ3) is 3.70. The normalized spacial score (nSPS) is 12.4. The average molecular weight is 261 g/mol. The molecule has 0 radical (unpaired) electrons. The van der Waals surface area contributed by atoms with E-state index in [1.165, 1.54) is 6.07 Å². The molecule has 1 atom stereocenters. The number of rotatable bonds is 5. The SMILES string of the molecule is CC(CO)CSc1ccc(C(=O)O)c(Cl)c1. The monoisotopic (exact) mass is 260 g/mol. The molecule has 0 bridgehead atoms. The highest BCUT2D eigenvalue weighted by Crippen LogP contribution is 2.26. The van der Waals surface area contributed by atoms with Crippen molar-refractivity contribution in [3.05, 3.63) is 28.8 Å². The number of hydrogen-bond donors (Lipinski definition) is 2. The van der Waals surface area contributed by atoms with Crippen molar-refractivity contribution < 1.29 is 15.0 Å². The number of carboxylic acid groups (broad SMARTS) is 1. The van der Waals surface area contributed by atoms with Crippen LogP contribution < -0.4 is 0 Å². The highest BCUT2D eigenvalue weighted by atomic mass is 35.5. The summed E-state index contributed by atoms with van der Waals surface area (Å²) >= 11 is 7.38. The van der Waals surface area contributed by atoms with Crippen LogP contribution in [0.15, 0.2) is 23.1 Å². The van der Waals surface area contributed by atoms with Gasteiger partial charge in [0.1, 0.15) is 0 Å². The minimum Gasteiger partial charge on any atom is -0.478 e. The fourth-order valence-electron chi connectivity index (χ4n) is 1.05. The molecular weight excluding hydrogens is 248 g/mol. The van der Waals surface area contributed by atoms with Crippen LogP contribution in [0.1, 0.15) is 17.3 Å². The molecule has 0 spiro atoms. The molecule has 0 aromatic heterocycles. The summed E-state index contributed by atoms with van der Waals surface area (Å²) in [6.45, 7) is 2.09. The Bertz CT molecular complexity index is 381. The number of aromatic carboxylic acids is 1. The number of hydrogen-bond acceptors (Lipinski definition) is 3. The Morgan fingerprint density at radius 3 is 2.75 bits per heavy atom. The van der Waals surface area contributed by atoms with Crippen LogP contribution in [0.2, 0.25) is 5.02 Å². The molecule has 0 amide bonds. The third-order valence-corrected chi connectivity index (χ3v) is 3.65. The molecule has 1 unspecified atom stereocenters. The second kappa shape index (κ2) is 6.13. The predicted molar refractivity (Wildman–Crippen MR) is 65.4 cm³/mol. The van der Waals surface area contributed by atoms with Crippen LogP contribution in [-0.4, -0.2) is 28.5 Å². The van der Waals surface area contributed by atoms with Gasteiger partial charge in [-0.1, -0.05) is 18.5 Å². The van der Waals surface area contributed by atoms with Crippen molar-refractivity contribution in [2.45, 2.75) is 11.8 Å². The van der Waals surface area contributed by atoms with E-state index in [4.69, 9.17) is 21.8 Å². The minimum absolute atomic E-state index is 0.112. The predicted octanol–water partition coefficient (Wildman–Crippen LogP) is 2.76. The van der Waals surface area contributed by atoms with Crippen molar-refractivity contribution in [3.8, 4) is 0 Å². The van der Waals surface area contributed by atoms with E-state index >= 15 is 0 Å². The molecule has 0 aliphatic carbocycles. The van der Waals surface area contributed by atoms with Gasteiger partial charge in [0.15, 0.2) is 0 Å². The summed E-state index contributed by atoms with van der Waals surface area (Å²) in [6.07, 6.45) is 0. The van der Waals surface area contributed by atoms with Crippen molar-refractivity contribution >= 4 is 29.3 Å². The lowest BCUT2D eigenvalue weighted by atomic mass is 10.2. The van der Waals surface area contributed by atoms with Crippen molar-refractivity contribution in [1.82, 2.24) is 0 Å². The van der Waals surface area contributed by atoms with E-state index in [-0.39, 0.29) is 23.1 Å². The zero-order valence-corrected chi connectivity index (χ0v) is 10.4. The van der Waals surface area contributed by atoms with Crippen LogP contribution in [0.4, 0.5) is 0 Å². The van der Waals surface area contributed by atoms with E-state index in [1.54, 1.807) is 23.9 Å². The van der Waals surface area contributed by atoms with E-state index in [1.807, 2.05) is 6.92 Å². The zero-order valence-electron chi connectivity index (χ0n) is 8.81. The highest BCUT2D eigenvalue weighted by molar-refractivity contribution is 7.99. The van der Waals surface area contributed by atoms with Crippen LogP contribution in [0.25, 0.3) is 0 Å². The second-order valence-corrected chi connectivity index (χ2v) is 5.05. The largest absolute Gasteiger partial charge is 0.478 e. The van der Waals surface area contributed by atoms with Crippen LogP contribution in [0, 0.1) is 5.92 Å². The van der Waals surface area contributed by atoms with Crippen molar-refractivity contribution in [2.24, 2.45) is 5.92 Å². The van der Waals surface area contributed by atoms with Crippen molar-refractivity contribution in [3.63, 3.8) is 0 Å². The second-order valence-electron chi connectivity index (χ2n) is 3.55. The standard InChI is InChI=1S/C11H13ClO3S/c1-7(5-13)6-16-8-2-3-9(11(14)15)10(12)4-8/h2-4,7,13H,5-6H2,1H3,(H,14,15). The van der Waals surface area contributed by atoms with E-state index in [0.29, 0.717) is 0 Å². The molecule has 1 aromatic rings. The Morgan fingerprint density at radius 2 is 2.25 bits per heavy atom. The molecule has 5 heteroatoms. The number of benzene rings is 1. The summed E-state index contributed by atoms with van der Waals surface area (Å²) in [7, 11) is 0. The lowest BCUT2D eigenvalue weighted by molar-refractivity contribution is 0.0697. The maximum absolute atomic E-state index is 10.7. The molecule has 0 aliphatic rings. The molecule has 3 nitrogen and oxygen atoms in total. The van der Waals surface area contributed by atoms with Gasteiger partial charge >= 0.3 is 5.97 Å². The summed E-state index contributed by atoms with van der Waals surface area (Å²) < 4.78 is 0. The van der Waals surface area contributed by atoms with Crippen molar-refractivity contribution in [2.75, 3.05) is 12.4 Å². The van der Waals surface area contributed by atoms with Crippen LogP contribution >= 0.6 is 23.4 Å². The minimum atomic E-state index is -1.02. The molecule has 0 saturated heterocycles. The first-order valence-corrected chi connectivity index (χ1v) is 6.17. The quantitative estimate of drug-likeness (QED) is 0.800. The summed E-state index contributed by atoms with van der Waals surface area (Å²) in [6, 6.07) is 4.86. The Balaban J connectivity index is 2.70. The van der Waals surface area contributed by atoms with Gasteiger partial charge in [-0.2, -0.15) is 0 Å². The average Bonchev–Trinajstić information content (AvgIpc) is 2.25. The van der Waals surface area contributed by atoms with Crippen LogP contribution in [-0.2, 0) is 0 Å². The first-order valence-electron chi connectivity index (χ1n) is 4.81. The molecule has 0 fully saturated rings. The molecule has 0 aliphatic heterocycles. The molecule has 16 heavy (non-hydrogen) atoms. The van der Waals surface area contributed by atoms with Gasteiger partial charge < -0.3 is 10.2 Å². The third-order valence-electron chi connectivity index (χ3n) is 2.02. The van der Waals surface area contributed by atoms with E-state index in [0.717, 1.165) is 10.6 Å². The Morgan fingerprint density at radius 1 is 1.56 bits per heavy atom. The first-order chi connectivity index (χ1) is 7.54. The van der Waals surface area contributed by atoms with Gasteiger partial charge in [-0.15, -0.1) is 11.8 Å². The topological polar surface area (TPSA) is 57.5 Å². The smallest absolute Gasteiger partial charge is 0.337 e. The Kier molecular flexibility index (Phi) is 5.12. The lowest BCUT2D eigenvalue weighted by Gasteiger charge is -2.08. The summed E-state index contributed by atoms with van der Waals surface area (Å²) in [5, 5.41) is 17.9. The maximum Gasteiger partial charge on any atom is 0.337 e. The molecule has 0 saturated carbocycles. The Labute approximate surface area is 103 Å². The lowest BCUT2D eigenvalue weighted by Crippen LogP contribution is -2.03. The number of halogens is 1.